The van der Waals surface area contributed by atoms with Gasteiger partial charge in [0.05, 0.1) is 11.7 Å². The smallest absolute Gasteiger partial charge is 0.128 e. The van der Waals surface area contributed by atoms with Crippen LogP contribution in [0.2, 0.25) is 0 Å². The second kappa shape index (κ2) is 5.54. The Bertz CT molecular complexity index is 560. The number of aromatic nitrogens is 1. The minimum Gasteiger partial charge on any atom is -0.308 e. The lowest BCUT2D eigenvalue weighted by molar-refractivity contribution is 0.553. The molecule has 94 valence electrons. The summed E-state index contributed by atoms with van der Waals surface area (Å²) in [5.41, 5.74) is 0.849. The fourth-order valence-corrected chi connectivity index (χ4v) is 2.27. The number of benzene rings is 1. The fourth-order valence-electron chi connectivity index (χ4n) is 1.79. The maximum Gasteiger partial charge on any atom is 0.128 e. The van der Waals surface area contributed by atoms with Crippen molar-refractivity contribution in [3.8, 4) is 0 Å². The van der Waals surface area contributed by atoms with Crippen molar-refractivity contribution in [3.05, 3.63) is 63.9 Å². The molecule has 0 aliphatic rings. The third-order valence-corrected chi connectivity index (χ3v) is 3.29. The van der Waals surface area contributed by atoms with E-state index in [1.807, 2.05) is 6.07 Å². The van der Waals surface area contributed by atoms with E-state index in [4.69, 9.17) is 0 Å². The van der Waals surface area contributed by atoms with E-state index in [9.17, 15) is 8.78 Å². The van der Waals surface area contributed by atoms with E-state index < -0.39 is 17.7 Å². The van der Waals surface area contributed by atoms with Crippen molar-refractivity contribution < 1.29 is 8.78 Å². The van der Waals surface area contributed by atoms with E-state index in [0.717, 1.165) is 16.6 Å². The topological polar surface area (TPSA) is 24.9 Å². The van der Waals surface area contributed by atoms with Gasteiger partial charge in [0.25, 0.3) is 0 Å². The molecule has 0 bridgehead atoms. The number of pyridine rings is 1. The number of hydrogen-bond acceptors (Lipinski definition) is 2. The zero-order chi connectivity index (χ0) is 13.1. The van der Waals surface area contributed by atoms with Gasteiger partial charge in [-0.3, -0.25) is 4.98 Å². The van der Waals surface area contributed by atoms with Crippen LogP contribution in [0.4, 0.5) is 8.78 Å². The average Bonchev–Trinajstić information content (AvgIpc) is 2.36. The summed E-state index contributed by atoms with van der Waals surface area (Å²) in [5, 5.41) is 2.94. The molecule has 2 aromatic rings. The summed E-state index contributed by atoms with van der Waals surface area (Å²) >= 11 is 3.36. The summed E-state index contributed by atoms with van der Waals surface area (Å²) in [6.07, 6.45) is 1.61. The molecule has 2 rings (SSSR count). The van der Waals surface area contributed by atoms with Crippen LogP contribution in [-0.4, -0.2) is 12.0 Å². The van der Waals surface area contributed by atoms with Crippen LogP contribution in [0.15, 0.2) is 41.0 Å². The molecule has 0 saturated heterocycles. The molecule has 0 saturated carbocycles. The molecule has 2 nitrogen and oxygen atoms in total. The molecule has 0 radical (unpaired) electrons. The maximum atomic E-state index is 13.8. The van der Waals surface area contributed by atoms with Crippen molar-refractivity contribution in [3.63, 3.8) is 0 Å². The average molecular weight is 313 g/mol. The first-order valence-electron chi connectivity index (χ1n) is 5.36. The molecular weight excluding hydrogens is 302 g/mol. The van der Waals surface area contributed by atoms with E-state index >= 15 is 0 Å². The first kappa shape index (κ1) is 13.1. The van der Waals surface area contributed by atoms with Crippen LogP contribution in [0.3, 0.4) is 0 Å². The van der Waals surface area contributed by atoms with Gasteiger partial charge in [-0.2, -0.15) is 0 Å². The molecular formula is C13H11BrF2N2. The van der Waals surface area contributed by atoms with Gasteiger partial charge in [-0.25, -0.2) is 8.78 Å². The van der Waals surface area contributed by atoms with Gasteiger partial charge in [-0.15, -0.1) is 0 Å². The first-order valence-corrected chi connectivity index (χ1v) is 6.15. The molecule has 0 aliphatic carbocycles. The third kappa shape index (κ3) is 2.57. The second-order valence-corrected chi connectivity index (χ2v) is 4.61. The van der Waals surface area contributed by atoms with Crippen LogP contribution >= 0.6 is 15.9 Å². The molecule has 18 heavy (non-hydrogen) atoms. The highest BCUT2D eigenvalue weighted by atomic mass is 79.9. The summed E-state index contributed by atoms with van der Waals surface area (Å²) in [4.78, 5) is 4.20. The van der Waals surface area contributed by atoms with Crippen LogP contribution in [0.1, 0.15) is 17.3 Å². The molecule has 5 heteroatoms. The van der Waals surface area contributed by atoms with Crippen LogP contribution in [0, 0.1) is 11.6 Å². The number of rotatable bonds is 3. The molecule has 1 aromatic carbocycles. The molecule has 0 fully saturated rings. The molecule has 1 atom stereocenters. The Morgan fingerprint density at radius 2 is 2.06 bits per heavy atom. The van der Waals surface area contributed by atoms with Gasteiger partial charge < -0.3 is 5.32 Å². The van der Waals surface area contributed by atoms with Gasteiger partial charge in [0, 0.05) is 16.2 Å². The third-order valence-electron chi connectivity index (χ3n) is 2.62. The van der Waals surface area contributed by atoms with Crippen LogP contribution in [0.5, 0.6) is 0 Å². The van der Waals surface area contributed by atoms with E-state index in [-0.39, 0.29) is 5.56 Å². The SMILES string of the molecule is CNC(c1cc(F)ccc1F)c1ncccc1Br. The van der Waals surface area contributed by atoms with Crippen molar-refractivity contribution in [2.75, 3.05) is 7.05 Å². The molecule has 1 unspecified atom stereocenters. The van der Waals surface area contributed by atoms with Crippen LogP contribution in [-0.2, 0) is 0 Å². The minimum absolute atomic E-state index is 0.233. The Balaban J connectivity index is 2.52. The Morgan fingerprint density at radius 3 is 2.72 bits per heavy atom. The zero-order valence-corrected chi connectivity index (χ0v) is 11.2. The lowest BCUT2D eigenvalue weighted by atomic mass is 10.0. The first-order chi connectivity index (χ1) is 8.63. The van der Waals surface area contributed by atoms with Crippen molar-refractivity contribution in [2.45, 2.75) is 6.04 Å². The Labute approximate surface area is 112 Å². The predicted octanol–water partition coefficient (Wildman–Crippen LogP) is 3.43. The van der Waals surface area contributed by atoms with Crippen molar-refractivity contribution in [2.24, 2.45) is 0 Å². The highest BCUT2D eigenvalue weighted by molar-refractivity contribution is 9.10. The molecule has 0 spiro atoms. The maximum absolute atomic E-state index is 13.8. The summed E-state index contributed by atoms with van der Waals surface area (Å²) in [5.74, 6) is -0.938. The van der Waals surface area contributed by atoms with Crippen molar-refractivity contribution >= 4 is 15.9 Å². The minimum atomic E-state index is -0.503. The second-order valence-electron chi connectivity index (χ2n) is 3.76. The summed E-state index contributed by atoms with van der Waals surface area (Å²) in [6, 6.07) is 6.46. The van der Waals surface area contributed by atoms with E-state index in [1.165, 1.54) is 6.07 Å². The highest BCUT2D eigenvalue weighted by Gasteiger charge is 2.20. The van der Waals surface area contributed by atoms with Gasteiger partial charge >= 0.3 is 0 Å². The standard InChI is InChI=1S/C13H11BrF2N2/c1-17-12(13-10(14)3-2-6-18-13)9-7-8(15)4-5-11(9)16/h2-7,12,17H,1H3. The summed E-state index contributed by atoms with van der Waals surface area (Å²) in [6.45, 7) is 0. The fraction of sp³-hybridized carbons (Fsp3) is 0.154. The van der Waals surface area contributed by atoms with E-state index in [1.54, 1.807) is 19.3 Å². The van der Waals surface area contributed by atoms with E-state index in [0.29, 0.717) is 5.69 Å². The zero-order valence-electron chi connectivity index (χ0n) is 9.62. The lowest BCUT2D eigenvalue weighted by Gasteiger charge is -2.18. The number of nitrogens with zero attached hydrogens (tertiary/aromatic N) is 1. The molecule has 0 amide bonds. The van der Waals surface area contributed by atoms with Gasteiger partial charge in [-0.1, -0.05) is 0 Å². The molecule has 1 N–H and O–H groups in total. The Kier molecular flexibility index (Phi) is 4.04. The predicted molar refractivity (Wildman–Crippen MR) is 69.2 cm³/mol. The van der Waals surface area contributed by atoms with Crippen molar-refractivity contribution in [1.29, 1.82) is 0 Å². The Hall–Kier alpha value is -1.33. The van der Waals surface area contributed by atoms with Gasteiger partial charge in [-0.05, 0) is 53.3 Å². The monoisotopic (exact) mass is 312 g/mol. The van der Waals surface area contributed by atoms with Crippen LogP contribution in [0.25, 0.3) is 0 Å². The lowest BCUT2D eigenvalue weighted by Crippen LogP contribution is -2.20. The van der Waals surface area contributed by atoms with Gasteiger partial charge in [0.2, 0.25) is 0 Å². The van der Waals surface area contributed by atoms with Gasteiger partial charge in [0.1, 0.15) is 11.6 Å². The molecule has 1 heterocycles. The number of halogens is 3. The molecule has 1 aromatic heterocycles. The van der Waals surface area contributed by atoms with Gasteiger partial charge in [0.15, 0.2) is 0 Å². The largest absolute Gasteiger partial charge is 0.308 e. The number of hydrogen-bond donors (Lipinski definition) is 1. The normalized spacial score (nSPS) is 12.4. The number of nitrogens with one attached hydrogen (secondary N) is 1. The molecule has 0 aliphatic heterocycles. The Morgan fingerprint density at radius 1 is 1.28 bits per heavy atom. The highest BCUT2D eigenvalue weighted by Crippen LogP contribution is 2.28. The quantitative estimate of drug-likeness (QED) is 0.939. The van der Waals surface area contributed by atoms with Crippen molar-refractivity contribution in [1.82, 2.24) is 10.3 Å². The summed E-state index contributed by atoms with van der Waals surface area (Å²) < 4.78 is 27.8. The van der Waals surface area contributed by atoms with E-state index in [2.05, 4.69) is 26.2 Å². The summed E-state index contributed by atoms with van der Waals surface area (Å²) in [7, 11) is 1.68. The van der Waals surface area contributed by atoms with Crippen LogP contribution < -0.4 is 5.32 Å².